The summed E-state index contributed by atoms with van der Waals surface area (Å²) in [4.78, 5) is 14.1. The monoisotopic (exact) mass is 261 g/mol. The number of hydrogen-bond acceptors (Lipinski definition) is 1. The predicted molar refractivity (Wildman–Crippen MR) is 75.5 cm³/mol. The maximum Gasteiger partial charge on any atom is 0.225 e. The Morgan fingerprint density at radius 2 is 1.71 bits per heavy atom. The van der Waals surface area contributed by atoms with Crippen LogP contribution in [0.5, 0.6) is 0 Å². The molecule has 0 saturated carbocycles. The number of carbonyl (C=O) groups is 1. The van der Waals surface area contributed by atoms with Gasteiger partial charge in [0.2, 0.25) is 5.91 Å². The van der Waals surface area contributed by atoms with E-state index in [2.05, 4.69) is 13.8 Å². The van der Waals surface area contributed by atoms with Gasteiger partial charge in [0.1, 0.15) is 0 Å². The lowest BCUT2D eigenvalue weighted by Crippen LogP contribution is -2.33. The molecular formula is C14H28ClNO. The van der Waals surface area contributed by atoms with Crippen LogP contribution in [-0.4, -0.2) is 30.3 Å². The highest BCUT2D eigenvalue weighted by Gasteiger charge is 2.19. The van der Waals surface area contributed by atoms with Gasteiger partial charge in [-0.15, -0.1) is 11.6 Å². The first kappa shape index (κ1) is 16.8. The van der Waals surface area contributed by atoms with Crippen LogP contribution in [0.3, 0.4) is 0 Å². The van der Waals surface area contributed by atoms with Crippen LogP contribution in [0.1, 0.15) is 58.8 Å². The summed E-state index contributed by atoms with van der Waals surface area (Å²) >= 11 is 5.63. The van der Waals surface area contributed by atoms with E-state index in [4.69, 9.17) is 11.6 Å². The van der Waals surface area contributed by atoms with Gasteiger partial charge in [0.05, 0.1) is 0 Å². The van der Waals surface area contributed by atoms with Crippen LogP contribution in [0.25, 0.3) is 0 Å². The van der Waals surface area contributed by atoms with Crippen molar-refractivity contribution in [2.24, 2.45) is 5.92 Å². The zero-order valence-corrected chi connectivity index (χ0v) is 12.4. The average molecular weight is 262 g/mol. The topological polar surface area (TPSA) is 20.3 Å². The molecule has 0 aliphatic heterocycles. The molecule has 0 radical (unpaired) electrons. The number of hydrogen-bond donors (Lipinski definition) is 0. The minimum absolute atomic E-state index is 0.239. The van der Waals surface area contributed by atoms with E-state index in [0.717, 1.165) is 57.4 Å². The molecule has 102 valence electrons. The molecule has 2 nitrogen and oxygen atoms in total. The first-order valence-electron chi connectivity index (χ1n) is 6.98. The summed E-state index contributed by atoms with van der Waals surface area (Å²) in [5.74, 6) is 1.30. The number of halogens is 1. The second-order valence-corrected chi connectivity index (χ2v) is 5.16. The van der Waals surface area contributed by atoms with E-state index in [1.807, 2.05) is 11.9 Å². The fourth-order valence-corrected chi connectivity index (χ4v) is 2.32. The molecule has 0 saturated heterocycles. The zero-order valence-electron chi connectivity index (χ0n) is 11.7. The van der Waals surface area contributed by atoms with E-state index in [-0.39, 0.29) is 5.92 Å². The van der Waals surface area contributed by atoms with Gasteiger partial charge in [0.25, 0.3) is 0 Å². The van der Waals surface area contributed by atoms with E-state index >= 15 is 0 Å². The van der Waals surface area contributed by atoms with E-state index in [1.54, 1.807) is 0 Å². The molecule has 0 bridgehead atoms. The van der Waals surface area contributed by atoms with Crippen molar-refractivity contribution < 1.29 is 4.79 Å². The van der Waals surface area contributed by atoms with Crippen LogP contribution in [0.15, 0.2) is 0 Å². The fraction of sp³-hybridized carbons (Fsp3) is 0.929. The van der Waals surface area contributed by atoms with E-state index in [0.29, 0.717) is 5.91 Å². The van der Waals surface area contributed by atoms with Gasteiger partial charge in [-0.25, -0.2) is 0 Å². The minimum atomic E-state index is 0.239. The van der Waals surface area contributed by atoms with Gasteiger partial charge >= 0.3 is 0 Å². The van der Waals surface area contributed by atoms with Crippen LogP contribution in [-0.2, 0) is 4.79 Å². The van der Waals surface area contributed by atoms with Crippen LogP contribution < -0.4 is 0 Å². The summed E-state index contributed by atoms with van der Waals surface area (Å²) in [6.45, 7) is 5.17. The van der Waals surface area contributed by atoms with Crippen molar-refractivity contribution >= 4 is 17.5 Å². The number of carbonyl (C=O) groups excluding carboxylic acids is 1. The average Bonchev–Trinajstić information content (AvgIpc) is 2.33. The number of alkyl halides is 1. The van der Waals surface area contributed by atoms with Gasteiger partial charge in [0.15, 0.2) is 0 Å². The molecule has 0 aromatic carbocycles. The first-order valence-corrected chi connectivity index (χ1v) is 7.51. The van der Waals surface area contributed by atoms with Crippen LogP contribution in [0.4, 0.5) is 0 Å². The Bertz CT molecular complexity index is 191. The fourth-order valence-electron chi connectivity index (χ4n) is 2.13. The van der Waals surface area contributed by atoms with E-state index in [1.165, 1.54) is 0 Å². The van der Waals surface area contributed by atoms with Crippen molar-refractivity contribution in [3.05, 3.63) is 0 Å². The van der Waals surface area contributed by atoms with Crippen molar-refractivity contribution in [2.75, 3.05) is 19.5 Å². The third kappa shape index (κ3) is 7.64. The highest BCUT2D eigenvalue weighted by molar-refractivity contribution is 6.17. The highest BCUT2D eigenvalue weighted by atomic mass is 35.5. The van der Waals surface area contributed by atoms with Crippen molar-refractivity contribution in [1.82, 2.24) is 4.90 Å². The summed E-state index contributed by atoms with van der Waals surface area (Å²) in [6, 6.07) is 0. The third-order valence-corrected chi connectivity index (χ3v) is 3.39. The summed E-state index contributed by atoms with van der Waals surface area (Å²) in [7, 11) is 1.93. The minimum Gasteiger partial charge on any atom is -0.346 e. The first-order chi connectivity index (χ1) is 8.17. The zero-order chi connectivity index (χ0) is 13.1. The molecular weight excluding hydrogens is 234 g/mol. The molecule has 0 fully saturated rings. The number of amides is 1. The quantitative estimate of drug-likeness (QED) is 0.429. The Morgan fingerprint density at radius 3 is 2.18 bits per heavy atom. The number of nitrogens with zero attached hydrogens (tertiary/aromatic N) is 1. The Kier molecular flexibility index (Phi) is 10.7. The molecule has 0 spiro atoms. The standard InChI is InChI=1S/C14H28ClNO/c1-4-9-13(10-5-2)14(17)16(3)12-8-6-7-11-15/h13H,4-12H2,1-3H3. The smallest absolute Gasteiger partial charge is 0.225 e. The summed E-state index contributed by atoms with van der Waals surface area (Å²) in [6.07, 6.45) is 7.48. The van der Waals surface area contributed by atoms with Crippen molar-refractivity contribution in [2.45, 2.75) is 58.8 Å². The lowest BCUT2D eigenvalue weighted by atomic mass is 9.97. The van der Waals surface area contributed by atoms with Gasteiger partial charge in [-0.1, -0.05) is 33.1 Å². The molecule has 0 aromatic rings. The van der Waals surface area contributed by atoms with E-state index in [9.17, 15) is 4.79 Å². The summed E-state index contributed by atoms with van der Waals surface area (Å²) < 4.78 is 0. The SMILES string of the molecule is CCCC(CCC)C(=O)N(C)CCCCCCl. The number of rotatable bonds is 10. The molecule has 0 N–H and O–H groups in total. The van der Waals surface area contributed by atoms with Crippen LogP contribution in [0.2, 0.25) is 0 Å². The van der Waals surface area contributed by atoms with Crippen molar-refractivity contribution in [3.63, 3.8) is 0 Å². The van der Waals surface area contributed by atoms with Gasteiger partial charge < -0.3 is 4.90 Å². The lowest BCUT2D eigenvalue weighted by molar-refractivity contribution is -0.134. The Labute approximate surface area is 112 Å². The summed E-state index contributed by atoms with van der Waals surface area (Å²) in [5.41, 5.74) is 0. The largest absolute Gasteiger partial charge is 0.346 e. The molecule has 0 atom stereocenters. The van der Waals surface area contributed by atoms with Crippen molar-refractivity contribution in [3.8, 4) is 0 Å². The third-order valence-electron chi connectivity index (χ3n) is 3.13. The Hall–Kier alpha value is -0.240. The second kappa shape index (κ2) is 10.9. The van der Waals surface area contributed by atoms with Gasteiger partial charge in [-0.2, -0.15) is 0 Å². The second-order valence-electron chi connectivity index (χ2n) is 4.78. The maximum absolute atomic E-state index is 12.2. The molecule has 3 heteroatoms. The van der Waals surface area contributed by atoms with Gasteiger partial charge in [-0.3, -0.25) is 4.79 Å². The normalized spacial score (nSPS) is 10.9. The molecule has 0 heterocycles. The Balaban J connectivity index is 3.97. The highest BCUT2D eigenvalue weighted by Crippen LogP contribution is 2.16. The van der Waals surface area contributed by atoms with E-state index < -0.39 is 0 Å². The number of unbranched alkanes of at least 4 members (excludes halogenated alkanes) is 2. The molecule has 0 aliphatic carbocycles. The molecule has 17 heavy (non-hydrogen) atoms. The van der Waals surface area contributed by atoms with Crippen LogP contribution in [0, 0.1) is 5.92 Å². The van der Waals surface area contributed by atoms with Crippen LogP contribution >= 0.6 is 11.6 Å². The van der Waals surface area contributed by atoms with Gasteiger partial charge in [0, 0.05) is 25.4 Å². The molecule has 0 unspecified atom stereocenters. The lowest BCUT2D eigenvalue weighted by Gasteiger charge is -2.23. The molecule has 0 rings (SSSR count). The molecule has 0 aliphatic rings. The maximum atomic E-state index is 12.2. The predicted octanol–water partition coefficient (Wildman–Crippen LogP) is 4.07. The molecule has 0 aromatic heterocycles. The van der Waals surface area contributed by atoms with Gasteiger partial charge in [-0.05, 0) is 25.7 Å². The molecule has 1 amide bonds. The Morgan fingerprint density at radius 1 is 1.12 bits per heavy atom. The summed E-state index contributed by atoms with van der Waals surface area (Å²) in [5, 5.41) is 0. The van der Waals surface area contributed by atoms with Crippen molar-refractivity contribution in [1.29, 1.82) is 0 Å².